The highest BCUT2D eigenvalue weighted by Gasteiger charge is 2.42. The molecule has 3 aromatic carbocycles. The number of carbonyl (C=O) groups is 2. The van der Waals surface area contributed by atoms with E-state index in [1.807, 2.05) is 24.4 Å². The van der Waals surface area contributed by atoms with E-state index in [2.05, 4.69) is 62.6 Å². The van der Waals surface area contributed by atoms with Crippen LogP contribution < -0.4 is 5.32 Å². The molecule has 7 rings (SSSR count). The summed E-state index contributed by atoms with van der Waals surface area (Å²) in [4.78, 5) is 35.5. The minimum atomic E-state index is -0.159. The van der Waals surface area contributed by atoms with Gasteiger partial charge in [-0.15, -0.1) is 0 Å². The quantitative estimate of drug-likeness (QED) is 0.283. The van der Waals surface area contributed by atoms with Gasteiger partial charge in [0.25, 0.3) is 5.91 Å². The van der Waals surface area contributed by atoms with Crippen LogP contribution in [0.2, 0.25) is 5.02 Å². The lowest BCUT2D eigenvalue weighted by Gasteiger charge is -2.39. The number of likely N-dealkylation sites (tertiary alicyclic amines) is 2. The molecule has 6 nitrogen and oxygen atoms in total. The van der Waals surface area contributed by atoms with Crippen molar-refractivity contribution in [2.45, 2.75) is 51.1 Å². The molecule has 43 heavy (non-hydrogen) atoms. The van der Waals surface area contributed by atoms with Crippen LogP contribution in [0.3, 0.4) is 0 Å². The van der Waals surface area contributed by atoms with Crippen LogP contribution in [0.4, 0.5) is 0 Å². The molecule has 3 heterocycles. The monoisotopic (exact) mass is 592 g/mol. The van der Waals surface area contributed by atoms with Crippen molar-refractivity contribution < 1.29 is 9.59 Å². The molecule has 4 aromatic rings. The first kappa shape index (κ1) is 28.1. The SMILES string of the molecule is O=C(NC1CCc2ccc(CC(=O)N3CCC4(CCN(Cc5ccc6ncccc6c5)CC4)C3)cc21)c1ccccc1Cl. The number of nitrogens with one attached hydrogen (secondary N) is 1. The van der Waals surface area contributed by atoms with Crippen LogP contribution in [0.15, 0.2) is 79.0 Å². The van der Waals surface area contributed by atoms with Crippen molar-refractivity contribution in [2.75, 3.05) is 26.2 Å². The standard InChI is InChI=1S/C36H37ClN4O2/c37-31-6-2-1-5-29(31)35(43)39-33-12-10-27-9-7-25(21-30(27)33)22-34(42)41-19-15-36(24-41)13-17-40(18-14-36)23-26-8-11-32-28(20-26)4-3-16-38-32/h1-9,11,16,20-21,33H,10,12-15,17-19,22-24H2,(H,39,43). The largest absolute Gasteiger partial charge is 0.345 e. The topological polar surface area (TPSA) is 65.5 Å². The molecule has 0 radical (unpaired) electrons. The summed E-state index contributed by atoms with van der Waals surface area (Å²) < 4.78 is 0. The van der Waals surface area contributed by atoms with Gasteiger partial charge < -0.3 is 10.2 Å². The average molecular weight is 593 g/mol. The summed E-state index contributed by atoms with van der Waals surface area (Å²) in [5.74, 6) is 0.0478. The Morgan fingerprint density at radius 1 is 0.930 bits per heavy atom. The molecule has 2 saturated heterocycles. The van der Waals surface area contributed by atoms with Gasteiger partial charge in [-0.2, -0.15) is 0 Å². The Hall–Kier alpha value is -3.74. The summed E-state index contributed by atoms with van der Waals surface area (Å²) in [5.41, 5.74) is 6.49. The Kier molecular flexibility index (Phi) is 7.66. The van der Waals surface area contributed by atoms with E-state index in [4.69, 9.17) is 11.6 Å². The fraction of sp³-hybridized carbons (Fsp3) is 0.361. The first-order valence-corrected chi connectivity index (χ1v) is 15.8. The van der Waals surface area contributed by atoms with Gasteiger partial charge in [-0.1, -0.05) is 54.1 Å². The van der Waals surface area contributed by atoms with Crippen LogP contribution >= 0.6 is 11.6 Å². The third kappa shape index (κ3) is 5.91. The van der Waals surface area contributed by atoms with Crippen molar-refractivity contribution in [3.05, 3.63) is 112 Å². The van der Waals surface area contributed by atoms with Crippen LogP contribution in [0, 0.1) is 5.41 Å². The normalized spacial score (nSPS) is 19.6. The molecule has 2 amide bonds. The maximum Gasteiger partial charge on any atom is 0.253 e. The molecule has 1 aromatic heterocycles. The van der Waals surface area contributed by atoms with E-state index in [1.54, 1.807) is 12.1 Å². The average Bonchev–Trinajstić information content (AvgIpc) is 3.63. The van der Waals surface area contributed by atoms with Crippen molar-refractivity contribution in [1.29, 1.82) is 0 Å². The molecule has 2 fully saturated rings. The number of rotatable bonds is 6. The zero-order valence-electron chi connectivity index (χ0n) is 24.4. The number of pyridine rings is 1. The molecule has 0 saturated carbocycles. The zero-order chi connectivity index (χ0) is 29.4. The number of halogens is 1. The Morgan fingerprint density at radius 2 is 1.74 bits per heavy atom. The number of fused-ring (bicyclic) bond motifs is 2. The van der Waals surface area contributed by atoms with E-state index in [0.717, 1.165) is 81.5 Å². The van der Waals surface area contributed by atoms with Gasteiger partial charge in [0.1, 0.15) is 0 Å². The van der Waals surface area contributed by atoms with Crippen LogP contribution in [-0.2, 0) is 24.2 Å². The highest BCUT2D eigenvalue weighted by molar-refractivity contribution is 6.33. The lowest BCUT2D eigenvalue weighted by molar-refractivity contribution is -0.130. The second-order valence-corrected chi connectivity index (χ2v) is 13.0. The molecule has 1 unspecified atom stereocenters. The molecular formula is C36H37ClN4O2. The number of aryl methyl sites for hydroxylation is 1. The van der Waals surface area contributed by atoms with Crippen LogP contribution in [0.1, 0.15) is 64.3 Å². The van der Waals surface area contributed by atoms with Gasteiger partial charge in [0.2, 0.25) is 5.91 Å². The maximum absolute atomic E-state index is 13.5. The van der Waals surface area contributed by atoms with Gasteiger partial charge in [0, 0.05) is 31.2 Å². The first-order chi connectivity index (χ1) is 20.9. The molecule has 1 atom stereocenters. The van der Waals surface area contributed by atoms with Gasteiger partial charge in [0.05, 0.1) is 28.6 Å². The summed E-state index contributed by atoms with van der Waals surface area (Å²) in [7, 11) is 0. The minimum absolute atomic E-state index is 0.0691. The molecule has 7 heteroatoms. The zero-order valence-corrected chi connectivity index (χ0v) is 25.2. The van der Waals surface area contributed by atoms with Gasteiger partial charge in [0.15, 0.2) is 0 Å². The summed E-state index contributed by atoms with van der Waals surface area (Å²) in [5, 5.41) is 4.81. The summed E-state index contributed by atoms with van der Waals surface area (Å²) in [6.07, 6.45) is 7.38. The number of amides is 2. The third-order valence-corrected chi connectivity index (χ3v) is 10.2. The molecule has 0 bridgehead atoms. The highest BCUT2D eigenvalue weighted by atomic mass is 35.5. The fourth-order valence-electron chi connectivity index (χ4n) is 7.30. The second kappa shape index (κ2) is 11.7. The van der Waals surface area contributed by atoms with Crippen molar-refractivity contribution in [2.24, 2.45) is 5.41 Å². The first-order valence-electron chi connectivity index (χ1n) is 15.5. The molecule has 1 spiro atoms. The number of carbonyl (C=O) groups excluding carboxylic acids is 2. The van der Waals surface area contributed by atoms with Gasteiger partial charge in [-0.05, 0) is 103 Å². The fourth-order valence-corrected chi connectivity index (χ4v) is 7.52. The number of hydrogen-bond acceptors (Lipinski definition) is 4. The lowest BCUT2D eigenvalue weighted by Crippen LogP contribution is -2.42. The maximum atomic E-state index is 13.5. The predicted octanol–water partition coefficient (Wildman–Crippen LogP) is 6.36. The minimum Gasteiger partial charge on any atom is -0.345 e. The second-order valence-electron chi connectivity index (χ2n) is 12.6. The van der Waals surface area contributed by atoms with E-state index < -0.39 is 0 Å². The van der Waals surface area contributed by atoms with Gasteiger partial charge in [-0.3, -0.25) is 19.5 Å². The van der Waals surface area contributed by atoms with Crippen molar-refractivity contribution in [3.8, 4) is 0 Å². The molecule has 2 aliphatic heterocycles. The molecular weight excluding hydrogens is 556 g/mol. The van der Waals surface area contributed by atoms with Gasteiger partial charge >= 0.3 is 0 Å². The van der Waals surface area contributed by atoms with Crippen molar-refractivity contribution >= 4 is 34.3 Å². The molecule has 1 aliphatic carbocycles. The molecule has 1 N–H and O–H groups in total. The lowest BCUT2D eigenvalue weighted by atomic mass is 9.77. The van der Waals surface area contributed by atoms with Crippen LogP contribution in [-0.4, -0.2) is 52.8 Å². The molecule has 3 aliphatic rings. The number of hydrogen-bond donors (Lipinski definition) is 1. The summed E-state index contributed by atoms with van der Waals surface area (Å²) in [6.45, 7) is 4.81. The summed E-state index contributed by atoms with van der Waals surface area (Å²) >= 11 is 6.25. The number of nitrogens with zero attached hydrogens (tertiary/aromatic N) is 3. The number of benzene rings is 3. The van der Waals surface area contributed by atoms with Crippen molar-refractivity contribution in [1.82, 2.24) is 20.1 Å². The molecule has 220 valence electrons. The highest BCUT2D eigenvalue weighted by Crippen LogP contribution is 2.41. The number of piperidine rings is 1. The van der Waals surface area contributed by atoms with Crippen LogP contribution in [0.25, 0.3) is 10.9 Å². The van der Waals surface area contributed by atoms with E-state index in [1.165, 1.54) is 16.5 Å². The predicted molar refractivity (Wildman–Crippen MR) is 170 cm³/mol. The van der Waals surface area contributed by atoms with E-state index in [0.29, 0.717) is 17.0 Å². The smallest absolute Gasteiger partial charge is 0.253 e. The van der Waals surface area contributed by atoms with E-state index >= 15 is 0 Å². The van der Waals surface area contributed by atoms with Gasteiger partial charge in [-0.25, -0.2) is 0 Å². The Balaban J connectivity index is 0.938. The summed E-state index contributed by atoms with van der Waals surface area (Å²) in [6, 6.07) is 24.1. The van der Waals surface area contributed by atoms with Crippen LogP contribution in [0.5, 0.6) is 0 Å². The van der Waals surface area contributed by atoms with Crippen molar-refractivity contribution in [3.63, 3.8) is 0 Å². The third-order valence-electron chi connectivity index (χ3n) is 9.85. The number of aromatic nitrogens is 1. The van der Waals surface area contributed by atoms with E-state index in [-0.39, 0.29) is 23.3 Å². The Morgan fingerprint density at radius 3 is 2.60 bits per heavy atom. The van der Waals surface area contributed by atoms with E-state index in [9.17, 15) is 9.59 Å². The Bertz CT molecular complexity index is 1680. The Labute approximate surface area is 258 Å².